The number of halogens is 4. The molecule has 0 bridgehead atoms. The van der Waals surface area contributed by atoms with Crippen LogP contribution >= 0.6 is 11.6 Å². The third-order valence-electron chi connectivity index (χ3n) is 4.06. The van der Waals surface area contributed by atoms with Crippen LogP contribution in [0.25, 0.3) is 22.6 Å². The molecule has 0 radical (unpaired) electrons. The van der Waals surface area contributed by atoms with Gasteiger partial charge in [-0.1, -0.05) is 11.6 Å². The predicted octanol–water partition coefficient (Wildman–Crippen LogP) is 4.46. The average Bonchev–Trinajstić information content (AvgIpc) is 3.25. The van der Waals surface area contributed by atoms with Crippen LogP contribution in [-0.2, 0) is 12.6 Å². The minimum atomic E-state index is -4.44. The second kappa shape index (κ2) is 6.27. The topological polar surface area (TPSA) is 93.6 Å². The number of aromatic nitrogens is 4. The number of nitrogens with one attached hydrogen (secondary N) is 1. The van der Waals surface area contributed by atoms with E-state index < -0.39 is 11.7 Å². The van der Waals surface area contributed by atoms with Crippen LogP contribution in [0.5, 0.6) is 0 Å². The van der Waals surface area contributed by atoms with Crippen LogP contribution in [0.2, 0.25) is 5.02 Å². The van der Waals surface area contributed by atoms with Gasteiger partial charge in [0.1, 0.15) is 0 Å². The van der Waals surface area contributed by atoms with Gasteiger partial charge in [0, 0.05) is 11.1 Å². The van der Waals surface area contributed by atoms with E-state index in [0.717, 1.165) is 12.1 Å². The van der Waals surface area contributed by atoms with Crippen molar-refractivity contribution in [2.24, 2.45) is 0 Å². The molecule has 4 rings (SSSR count). The summed E-state index contributed by atoms with van der Waals surface area (Å²) in [6.45, 7) is 0. The van der Waals surface area contributed by atoms with E-state index in [0.29, 0.717) is 32.9 Å². The smallest absolute Gasteiger partial charge is 0.416 e. The number of alkyl halides is 3. The maximum absolute atomic E-state index is 13.0. The number of fused-ring (bicyclic) bond motifs is 1. The number of aromatic amines is 1. The lowest BCUT2D eigenvalue weighted by molar-refractivity contribution is -0.137. The van der Waals surface area contributed by atoms with Crippen molar-refractivity contribution in [3.63, 3.8) is 0 Å². The van der Waals surface area contributed by atoms with E-state index in [1.54, 1.807) is 18.2 Å². The Hall–Kier alpha value is -3.07. The zero-order chi connectivity index (χ0) is 19.2. The lowest BCUT2D eigenvalue weighted by Crippen LogP contribution is -2.07. The Morgan fingerprint density at radius 2 is 1.96 bits per heavy atom. The zero-order valence-electron chi connectivity index (χ0n) is 13.5. The first kappa shape index (κ1) is 17.3. The molecule has 4 aromatic rings. The Morgan fingerprint density at radius 1 is 1.15 bits per heavy atom. The van der Waals surface area contributed by atoms with Gasteiger partial charge < -0.3 is 10.2 Å². The molecular formula is C17H11ClF3N5O. The number of nitrogen functional groups attached to an aromatic ring is 1. The second-order valence-corrected chi connectivity index (χ2v) is 6.34. The molecule has 0 aliphatic heterocycles. The molecule has 0 unspecified atom stereocenters. The zero-order valence-corrected chi connectivity index (χ0v) is 14.3. The van der Waals surface area contributed by atoms with Crippen LogP contribution in [0.4, 0.5) is 18.9 Å². The van der Waals surface area contributed by atoms with Crippen molar-refractivity contribution >= 4 is 28.3 Å². The first-order chi connectivity index (χ1) is 12.8. The van der Waals surface area contributed by atoms with Crippen LogP contribution < -0.4 is 5.73 Å². The van der Waals surface area contributed by atoms with Gasteiger partial charge in [-0.05, 0) is 59.2 Å². The third kappa shape index (κ3) is 3.33. The molecule has 0 atom stereocenters. The van der Waals surface area contributed by atoms with Gasteiger partial charge in [-0.2, -0.15) is 18.4 Å². The fourth-order valence-electron chi connectivity index (χ4n) is 2.80. The molecule has 0 fully saturated rings. The summed E-state index contributed by atoms with van der Waals surface area (Å²) >= 11 is 6.28. The largest absolute Gasteiger partial charge is 0.451 e. The number of benzene rings is 2. The summed E-state index contributed by atoms with van der Waals surface area (Å²) in [6, 6.07) is 8.35. The summed E-state index contributed by atoms with van der Waals surface area (Å²) in [7, 11) is 0. The molecule has 0 saturated carbocycles. The third-order valence-corrected chi connectivity index (χ3v) is 4.34. The number of furan rings is 1. The molecule has 3 N–H and O–H groups in total. The maximum atomic E-state index is 13.0. The highest BCUT2D eigenvalue weighted by atomic mass is 35.5. The van der Waals surface area contributed by atoms with E-state index in [1.807, 2.05) is 0 Å². The minimum Gasteiger partial charge on any atom is -0.451 e. The van der Waals surface area contributed by atoms with Crippen molar-refractivity contribution in [2.45, 2.75) is 12.6 Å². The minimum absolute atomic E-state index is 0.189. The molecule has 2 aromatic heterocycles. The van der Waals surface area contributed by atoms with Crippen LogP contribution in [0.15, 0.2) is 40.8 Å². The SMILES string of the molecule is Nc1ccc(C(F)(F)F)cc1Cc1cc(Cl)c2oc(-c3nn[nH]n3)cc2c1. The first-order valence-corrected chi connectivity index (χ1v) is 8.10. The lowest BCUT2D eigenvalue weighted by atomic mass is 10.00. The highest BCUT2D eigenvalue weighted by Gasteiger charge is 2.30. The number of anilines is 1. The Morgan fingerprint density at radius 3 is 2.67 bits per heavy atom. The Kier molecular flexibility index (Phi) is 4.03. The highest BCUT2D eigenvalue weighted by Crippen LogP contribution is 2.34. The first-order valence-electron chi connectivity index (χ1n) is 7.72. The van der Waals surface area contributed by atoms with Gasteiger partial charge in [0.05, 0.1) is 10.6 Å². The fraction of sp³-hybridized carbons (Fsp3) is 0.118. The van der Waals surface area contributed by atoms with E-state index >= 15 is 0 Å². The number of hydrogen-bond donors (Lipinski definition) is 2. The molecule has 138 valence electrons. The molecule has 2 heterocycles. The van der Waals surface area contributed by atoms with Gasteiger partial charge in [0.15, 0.2) is 11.3 Å². The monoisotopic (exact) mass is 393 g/mol. The van der Waals surface area contributed by atoms with Crippen molar-refractivity contribution < 1.29 is 17.6 Å². The Bertz CT molecular complexity index is 1120. The molecule has 0 saturated heterocycles. The number of nitrogens with zero attached hydrogens (tertiary/aromatic N) is 3. The van der Waals surface area contributed by atoms with Crippen LogP contribution in [-0.4, -0.2) is 20.6 Å². The summed E-state index contributed by atoms with van der Waals surface area (Å²) in [5.41, 5.74) is 6.87. The molecule has 27 heavy (non-hydrogen) atoms. The fourth-order valence-corrected chi connectivity index (χ4v) is 3.09. The van der Waals surface area contributed by atoms with Crippen LogP contribution in [0.1, 0.15) is 16.7 Å². The van der Waals surface area contributed by atoms with Gasteiger partial charge >= 0.3 is 6.18 Å². The number of H-pyrrole nitrogens is 1. The molecule has 0 spiro atoms. The number of tetrazole rings is 1. The van der Waals surface area contributed by atoms with E-state index in [1.165, 1.54) is 6.07 Å². The summed E-state index contributed by atoms with van der Waals surface area (Å²) < 4.78 is 44.5. The molecule has 10 heteroatoms. The van der Waals surface area contributed by atoms with Gasteiger partial charge in [-0.3, -0.25) is 0 Å². The standard InChI is InChI=1S/C17H11ClF3N5O/c18-12-5-8(3-9-6-11(17(19,20)21)1-2-13(9)22)4-10-7-14(27-15(10)12)16-23-25-26-24-16/h1-2,4-7H,3,22H2,(H,23,24,25,26). The van der Waals surface area contributed by atoms with E-state index in [-0.39, 0.29) is 17.9 Å². The van der Waals surface area contributed by atoms with Crippen molar-refractivity contribution in [3.05, 3.63) is 58.1 Å². The number of hydrogen-bond acceptors (Lipinski definition) is 5. The molecular weight excluding hydrogens is 383 g/mol. The summed E-state index contributed by atoms with van der Waals surface area (Å²) in [5.74, 6) is 0.641. The predicted molar refractivity (Wildman–Crippen MR) is 93.1 cm³/mol. The van der Waals surface area contributed by atoms with Gasteiger partial charge in [0.2, 0.25) is 5.82 Å². The van der Waals surface area contributed by atoms with Crippen LogP contribution in [0.3, 0.4) is 0 Å². The molecule has 0 aliphatic rings. The molecule has 2 aromatic carbocycles. The maximum Gasteiger partial charge on any atom is 0.416 e. The molecule has 0 amide bonds. The summed E-state index contributed by atoms with van der Waals surface area (Å²) in [4.78, 5) is 0. The van der Waals surface area contributed by atoms with Crippen molar-refractivity contribution in [1.82, 2.24) is 20.6 Å². The lowest BCUT2D eigenvalue weighted by Gasteiger charge is -2.11. The van der Waals surface area contributed by atoms with Crippen molar-refractivity contribution in [2.75, 3.05) is 5.73 Å². The normalized spacial score (nSPS) is 12.0. The van der Waals surface area contributed by atoms with E-state index in [2.05, 4.69) is 20.6 Å². The summed E-state index contributed by atoms with van der Waals surface area (Å²) in [5, 5.41) is 14.5. The quantitative estimate of drug-likeness (QED) is 0.501. The van der Waals surface area contributed by atoms with Crippen LogP contribution in [0, 0.1) is 0 Å². The summed E-state index contributed by atoms with van der Waals surface area (Å²) in [6.07, 6.45) is -4.25. The second-order valence-electron chi connectivity index (χ2n) is 5.93. The van der Waals surface area contributed by atoms with E-state index in [9.17, 15) is 13.2 Å². The van der Waals surface area contributed by atoms with E-state index in [4.69, 9.17) is 21.8 Å². The Balaban J connectivity index is 1.73. The molecule has 0 aliphatic carbocycles. The van der Waals surface area contributed by atoms with Gasteiger partial charge in [0.25, 0.3) is 0 Å². The molecule has 6 nitrogen and oxygen atoms in total. The van der Waals surface area contributed by atoms with Gasteiger partial charge in [-0.15, -0.1) is 10.2 Å². The Labute approximate surface area is 155 Å². The van der Waals surface area contributed by atoms with Gasteiger partial charge in [-0.25, -0.2) is 0 Å². The number of nitrogens with two attached hydrogens (primary N) is 1. The highest BCUT2D eigenvalue weighted by molar-refractivity contribution is 6.35. The van der Waals surface area contributed by atoms with Crippen molar-refractivity contribution in [3.8, 4) is 11.6 Å². The average molecular weight is 394 g/mol. The number of rotatable bonds is 3. The van der Waals surface area contributed by atoms with Crippen molar-refractivity contribution in [1.29, 1.82) is 0 Å².